The molecule has 6 nitrogen and oxygen atoms in total. The molecule has 0 aliphatic heterocycles. The third kappa shape index (κ3) is 9.46. The minimum Gasteiger partial charge on any atom is -0.469 e. The molecule has 0 aliphatic carbocycles. The Bertz CT molecular complexity index is 250. The third-order valence-electron chi connectivity index (χ3n) is 2.15. The van der Waals surface area contributed by atoms with Gasteiger partial charge >= 0.3 is 5.97 Å². The Balaban J connectivity index is 0. The summed E-state index contributed by atoms with van der Waals surface area (Å²) < 4.78 is 9.82. The van der Waals surface area contributed by atoms with Crippen LogP contribution in [0.4, 0.5) is 0 Å². The number of rotatable bonds is 7. The number of carbonyl (C=O) groups is 1. The fourth-order valence-electron chi connectivity index (χ4n) is 1.14. The Morgan fingerprint density at radius 1 is 1.39 bits per heavy atom. The van der Waals surface area contributed by atoms with Gasteiger partial charge in [-0.1, -0.05) is 6.92 Å². The molecule has 0 aromatic carbocycles. The summed E-state index contributed by atoms with van der Waals surface area (Å²) in [4.78, 5) is 15.2. The minimum atomic E-state index is -0.234. The number of methoxy groups -OCH3 is 1. The van der Waals surface area contributed by atoms with E-state index in [0.29, 0.717) is 32.3 Å². The second kappa shape index (κ2) is 12.9. The summed E-state index contributed by atoms with van der Waals surface area (Å²) in [5.41, 5.74) is 0. The number of guanidine groups is 1. The molecule has 0 bridgehead atoms. The van der Waals surface area contributed by atoms with E-state index in [2.05, 4.69) is 20.4 Å². The van der Waals surface area contributed by atoms with Crippen molar-refractivity contribution in [1.29, 1.82) is 0 Å². The van der Waals surface area contributed by atoms with Crippen LogP contribution in [-0.2, 0) is 14.3 Å². The van der Waals surface area contributed by atoms with Crippen LogP contribution in [0.15, 0.2) is 4.99 Å². The summed E-state index contributed by atoms with van der Waals surface area (Å²) in [6.07, 6.45) is 0. The average molecular weight is 373 g/mol. The van der Waals surface area contributed by atoms with Gasteiger partial charge in [0.15, 0.2) is 5.96 Å². The molecule has 0 aliphatic rings. The van der Waals surface area contributed by atoms with E-state index in [1.54, 1.807) is 14.0 Å². The van der Waals surface area contributed by atoms with Crippen LogP contribution in [-0.4, -0.2) is 52.4 Å². The first-order valence-corrected chi connectivity index (χ1v) is 5.75. The molecule has 0 radical (unpaired) electrons. The molecule has 0 heterocycles. The van der Waals surface area contributed by atoms with Crippen molar-refractivity contribution in [3.63, 3.8) is 0 Å². The fourth-order valence-corrected chi connectivity index (χ4v) is 1.14. The van der Waals surface area contributed by atoms with Crippen molar-refractivity contribution in [3.05, 3.63) is 0 Å². The third-order valence-corrected chi connectivity index (χ3v) is 2.15. The summed E-state index contributed by atoms with van der Waals surface area (Å²) >= 11 is 0. The van der Waals surface area contributed by atoms with Crippen molar-refractivity contribution in [2.75, 3.05) is 40.5 Å². The highest BCUT2D eigenvalue weighted by molar-refractivity contribution is 14.0. The molecule has 0 saturated carbocycles. The van der Waals surface area contributed by atoms with E-state index >= 15 is 0 Å². The van der Waals surface area contributed by atoms with Gasteiger partial charge in [-0.25, -0.2) is 0 Å². The molecule has 0 saturated heterocycles. The van der Waals surface area contributed by atoms with Crippen LogP contribution in [0.2, 0.25) is 0 Å². The Labute approximate surface area is 126 Å². The normalized spacial score (nSPS) is 12.3. The molecule has 1 unspecified atom stereocenters. The van der Waals surface area contributed by atoms with Crippen LogP contribution in [0.3, 0.4) is 0 Å². The Hall–Kier alpha value is -0.570. The highest BCUT2D eigenvalue weighted by atomic mass is 127. The van der Waals surface area contributed by atoms with Crippen molar-refractivity contribution >= 4 is 35.9 Å². The quantitative estimate of drug-likeness (QED) is 0.225. The number of hydrogen-bond acceptors (Lipinski definition) is 4. The van der Waals surface area contributed by atoms with Crippen LogP contribution in [0.1, 0.15) is 13.8 Å². The largest absolute Gasteiger partial charge is 0.469 e. The maximum atomic E-state index is 11.2. The average Bonchev–Trinajstić information content (AvgIpc) is 2.36. The van der Waals surface area contributed by atoms with Crippen molar-refractivity contribution in [2.24, 2.45) is 10.9 Å². The van der Waals surface area contributed by atoms with Gasteiger partial charge in [0.1, 0.15) is 0 Å². The van der Waals surface area contributed by atoms with E-state index in [1.807, 2.05) is 6.92 Å². The number of carbonyl (C=O) groups excluding carboxylic acids is 1. The van der Waals surface area contributed by atoms with Gasteiger partial charge in [0.25, 0.3) is 0 Å². The zero-order valence-electron chi connectivity index (χ0n) is 11.5. The SMILES string of the molecule is CCOCCNC(=NC)NCC(C)C(=O)OC.I. The molecule has 0 rings (SSSR count). The van der Waals surface area contributed by atoms with E-state index in [9.17, 15) is 4.79 Å². The highest BCUT2D eigenvalue weighted by Gasteiger charge is 2.12. The lowest BCUT2D eigenvalue weighted by atomic mass is 10.2. The zero-order valence-corrected chi connectivity index (χ0v) is 13.8. The lowest BCUT2D eigenvalue weighted by Gasteiger charge is -2.14. The number of esters is 1. The molecule has 0 aromatic rings. The highest BCUT2D eigenvalue weighted by Crippen LogP contribution is 1.94. The number of hydrogen-bond donors (Lipinski definition) is 2. The predicted molar refractivity (Wildman–Crippen MR) is 82.5 cm³/mol. The number of nitrogens with one attached hydrogen (secondary N) is 2. The second-order valence-electron chi connectivity index (χ2n) is 3.50. The van der Waals surface area contributed by atoms with Crippen LogP contribution in [0.25, 0.3) is 0 Å². The standard InChI is InChI=1S/C11H23N3O3.HI/c1-5-17-7-6-13-11(12-3)14-8-9(2)10(15)16-4;/h9H,5-8H2,1-4H3,(H2,12,13,14);1H. The molecular formula is C11H24IN3O3. The van der Waals surface area contributed by atoms with E-state index in [-0.39, 0.29) is 35.9 Å². The topological polar surface area (TPSA) is 72.0 Å². The van der Waals surface area contributed by atoms with Gasteiger partial charge in [0.2, 0.25) is 0 Å². The van der Waals surface area contributed by atoms with Crippen LogP contribution in [0, 0.1) is 5.92 Å². The summed E-state index contributed by atoms with van der Waals surface area (Å²) in [6.45, 7) is 6.25. The molecule has 0 aromatic heterocycles. The number of halogens is 1. The molecule has 0 spiro atoms. The van der Waals surface area contributed by atoms with Gasteiger partial charge in [0.05, 0.1) is 19.6 Å². The van der Waals surface area contributed by atoms with E-state index in [4.69, 9.17) is 4.74 Å². The maximum absolute atomic E-state index is 11.2. The lowest BCUT2D eigenvalue weighted by Crippen LogP contribution is -2.42. The van der Waals surface area contributed by atoms with Crippen molar-refractivity contribution < 1.29 is 14.3 Å². The molecule has 108 valence electrons. The van der Waals surface area contributed by atoms with Crippen LogP contribution < -0.4 is 10.6 Å². The van der Waals surface area contributed by atoms with Crippen molar-refractivity contribution in [1.82, 2.24) is 10.6 Å². The second-order valence-corrected chi connectivity index (χ2v) is 3.50. The van der Waals surface area contributed by atoms with Gasteiger partial charge in [-0.2, -0.15) is 0 Å². The Morgan fingerprint density at radius 2 is 2.06 bits per heavy atom. The Morgan fingerprint density at radius 3 is 2.56 bits per heavy atom. The van der Waals surface area contributed by atoms with Gasteiger partial charge in [-0.15, -0.1) is 24.0 Å². The van der Waals surface area contributed by atoms with Gasteiger partial charge in [0, 0.05) is 26.7 Å². The first kappa shape index (κ1) is 19.8. The first-order chi connectivity index (χ1) is 8.15. The molecule has 1 atom stereocenters. The van der Waals surface area contributed by atoms with Crippen LogP contribution in [0.5, 0.6) is 0 Å². The minimum absolute atomic E-state index is 0. The number of nitrogens with zero attached hydrogens (tertiary/aromatic N) is 1. The van der Waals surface area contributed by atoms with Gasteiger partial charge < -0.3 is 20.1 Å². The summed E-state index contributed by atoms with van der Waals surface area (Å²) in [5.74, 6) is 0.216. The number of aliphatic imine (C=N–C) groups is 1. The molecular weight excluding hydrogens is 349 g/mol. The van der Waals surface area contributed by atoms with Crippen molar-refractivity contribution in [2.45, 2.75) is 13.8 Å². The zero-order chi connectivity index (χ0) is 13.1. The van der Waals surface area contributed by atoms with E-state index < -0.39 is 0 Å². The molecule has 0 amide bonds. The fraction of sp³-hybridized carbons (Fsp3) is 0.818. The maximum Gasteiger partial charge on any atom is 0.310 e. The summed E-state index contributed by atoms with van der Waals surface area (Å²) in [7, 11) is 3.06. The lowest BCUT2D eigenvalue weighted by molar-refractivity contribution is -0.144. The predicted octanol–water partition coefficient (Wildman–Crippen LogP) is 0.615. The smallest absolute Gasteiger partial charge is 0.310 e. The summed E-state index contributed by atoms with van der Waals surface area (Å²) in [5, 5.41) is 6.12. The van der Waals surface area contributed by atoms with E-state index in [1.165, 1.54) is 7.11 Å². The van der Waals surface area contributed by atoms with Crippen molar-refractivity contribution in [3.8, 4) is 0 Å². The molecule has 0 fully saturated rings. The Kier molecular flexibility index (Phi) is 14.1. The van der Waals surface area contributed by atoms with Gasteiger partial charge in [-0.05, 0) is 6.92 Å². The molecule has 7 heteroatoms. The monoisotopic (exact) mass is 373 g/mol. The molecule has 2 N–H and O–H groups in total. The summed E-state index contributed by atoms with van der Waals surface area (Å²) in [6, 6.07) is 0. The first-order valence-electron chi connectivity index (χ1n) is 5.75. The van der Waals surface area contributed by atoms with E-state index in [0.717, 1.165) is 0 Å². The molecule has 18 heavy (non-hydrogen) atoms. The van der Waals surface area contributed by atoms with Gasteiger partial charge in [-0.3, -0.25) is 9.79 Å². The number of ether oxygens (including phenoxy) is 2. The van der Waals surface area contributed by atoms with Crippen LogP contribution >= 0.6 is 24.0 Å².